The van der Waals surface area contributed by atoms with E-state index in [0.717, 1.165) is 29.3 Å². The first kappa shape index (κ1) is 16.2. The number of rotatable bonds is 4. The van der Waals surface area contributed by atoms with Crippen molar-refractivity contribution in [2.24, 2.45) is 5.92 Å². The Morgan fingerprint density at radius 2 is 1.89 bits per heavy atom. The van der Waals surface area contributed by atoms with Crippen LogP contribution >= 0.6 is 0 Å². The second kappa shape index (κ2) is 6.30. The Bertz CT molecular complexity index is 1080. The highest BCUT2D eigenvalue weighted by molar-refractivity contribution is 6.05. The fraction of sp³-hybridized carbons (Fsp3) is 0.333. The van der Waals surface area contributed by atoms with Gasteiger partial charge in [-0.25, -0.2) is 4.68 Å². The van der Waals surface area contributed by atoms with Gasteiger partial charge in [-0.1, -0.05) is 24.3 Å². The number of carbonyl (C=O) groups excluding carboxylic acids is 1. The summed E-state index contributed by atoms with van der Waals surface area (Å²) in [4.78, 5) is 31.0. The molecule has 2 fully saturated rings. The zero-order valence-electron chi connectivity index (χ0n) is 14.9. The van der Waals surface area contributed by atoms with E-state index in [1.807, 2.05) is 36.4 Å². The summed E-state index contributed by atoms with van der Waals surface area (Å²) < 4.78 is 1.57. The Hall–Kier alpha value is -3.02. The highest BCUT2D eigenvalue weighted by Gasteiger charge is 2.33. The fourth-order valence-electron chi connectivity index (χ4n) is 3.73. The van der Waals surface area contributed by atoms with Crippen molar-refractivity contribution in [3.8, 4) is 0 Å². The van der Waals surface area contributed by atoms with Gasteiger partial charge in [0, 0.05) is 42.6 Å². The second-order valence-corrected chi connectivity index (χ2v) is 7.51. The van der Waals surface area contributed by atoms with Gasteiger partial charge in [0.25, 0.3) is 11.5 Å². The molecule has 1 amide bonds. The number of hydrogen-bond acceptors (Lipinski definition) is 4. The fourth-order valence-corrected chi connectivity index (χ4v) is 3.73. The maximum atomic E-state index is 12.8. The number of nitrogens with zero attached hydrogens (tertiary/aromatic N) is 4. The zero-order valence-corrected chi connectivity index (χ0v) is 14.9. The van der Waals surface area contributed by atoms with Crippen LogP contribution in [0.3, 0.4) is 0 Å². The van der Waals surface area contributed by atoms with E-state index in [0.29, 0.717) is 31.2 Å². The first-order valence-electron chi connectivity index (χ1n) is 9.40. The monoisotopic (exact) mass is 360 g/mol. The number of likely N-dealkylation sites (tertiary alicyclic amines) is 1. The summed E-state index contributed by atoms with van der Waals surface area (Å²) in [6.45, 7) is 1.82. The van der Waals surface area contributed by atoms with Crippen molar-refractivity contribution in [3.05, 3.63) is 70.4 Å². The van der Waals surface area contributed by atoms with E-state index in [4.69, 9.17) is 0 Å². The van der Waals surface area contributed by atoms with Gasteiger partial charge in [0.05, 0.1) is 12.2 Å². The van der Waals surface area contributed by atoms with Crippen LogP contribution in [0.15, 0.2) is 53.5 Å². The molecule has 1 aliphatic heterocycles. The average Bonchev–Trinajstić information content (AvgIpc) is 3.50. The van der Waals surface area contributed by atoms with Crippen molar-refractivity contribution in [1.29, 1.82) is 0 Å². The topological polar surface area (TPSA) is 68.1 Å². The molecule has 0 bridgehead atoms. The molecule has 1 saturated heterocycles. The van der Waals surface area contributed by atoms with Gasteiger partial charge in [0.15, 0.2) is 0 Å². The molecule has 0 radical (unpaired) electrons. The van der Waals surface area contributed by atoms with E-state index in [2.05, 4.69) is 10.1 Å². The summed E-state index contributed by atoms with van der Waals surface area (Å²) in [5, 5.41) is 6.41. The van der Waals surface area contributed by atoms with Crippen LogP contribution in [0.1, 0.15) is 34.9 Å². The van der Waals surface area contributed by atoms with Crippen LogP contribution in [0.25, 0.3) is 10.8 Å². The lowest BCUT2D eigenvalue weighted by atomic mass is 9.98. The quantitative estimate of drug-likeness (QED) is 0.717. The smallest absolute Gasteiger partial charge is 0.273 e. The zero-order chi connectivity index (χ0) is 18.4. The molecule has 1 aromatic carbocycles. The molecule has 1 aliphatic carbocycles. The highest BCUT2D eigenvalue weighted by atomic mass is 16.2. The van der Waals surface area contributed by atoms with E-state index in [9.17, 15) is 9.59 Å². The molecule has 27 heavy (non-hydrogen) atoms. The van der Waals surface area contributed by atoms with Crippen LogP contribution in [-0.4, -0.2) is 38.7 Å². The molecule has 1 saturated carbocycles. The lowest BCUT2D eigenvalue weighted by molar-refractivity contribution is 0.0454. The SMILES string of the molecule is O=C(c1nccc2ccccc12)N1CC(Cn2nc(C3CC3)ccc2=O)C1. The second-order valence-electron chi connectivity index (χ2n) is 7.51. The summed E-state index contributed by atoms with van der Waals surface area (Å²) in [7, 11) is 0. The van der Waals surface area contributed by atoms with Crippen LogP contribution in [0.5, 0.6) is 0 Å². The third-order valence-electron chi connectivity index (χ3n) is 5.43. The number of hydrogen-bond donors (Lipinski definition) is 0. The minimum atomic E-state index is -0.0695. The van der Waals surface area contributed by atoms with Crippen molar-refractivity contribution in [2.75, 3.05) is 13.1 Å². The Labute approximate surface area is 156 Å². The third kappa shape index (κ3) is 3.01. The molecule has 6 nitrogen and oxygen atoms in total. The summed E-state index contributed by atoms with van der Waals surface area (Å²) in [6, 6.07) is 13.2. The van der Waals surface area contributed by atoms with Crippen LogP contribution in [-0.2, 0) is 6.54 Å². The van der Waals surface area contributed by atoms with Gasteiger partial charge in [-0.2, -0.15) is 5.10 Å². The third-order valence-corrected chi connectivity index (χ3v) is 5.43. The predicted molar refractivity (Wildman–Crippen MR) is 102 cm³/mol. The van der Waals surface area contributed by atoms with Crippen molar-refractivity contribution in [1.82, 2.24) is 19.7 Å². The van der Waals surface area contributed by atoms with Crippen molar-refractivity contribution >= 4 is 16.7 Å². The lowest BCUT2D eigenvalue weighted by Crippen LogP contribution is -2.52. The number of aromatic nitrogens is 3. The molecule has 136 valence electrons. The number of benzene rings is 1. The first-order chi connectivity index (χ1) is 13.2. The number of fused-ring (bicyclic) bond motifs is 1. The molecule has 3 heterocycles. The van der Waals surface area contributed by atoms with Crippen LogP contribution < -0.4 is 5.56 Å². The molecule has 0 spiro atoms. The first-order valence-corrected chi connectivity index (χ1v) is 9.40. The average molecular weight is 360 g/mol. The highest BCUT2D eigenvalue weighted by Crippen LogP contribution is 2.38. The molecule has 3 aromatic rings. The number of pyridine rings is 1. The molecular weight excluding hydrogens is 340 g/mol. The van der Waals surface area contributed by atoms with Crippen molar-refractivity contribution in [3.63, 3.8) is 0 Å². The van der Waals surface area contributed by atoms with E-state index in [1.165, 1.54) is 0 Å². The molecule has 2 aliphatic rings. The van der Waals surface area contributed by atoms with Gasteiger partial charge in [-0.3, -0.25) is 14.6 Å². The number of amides is 1. The molecule has 0 atom stereocenters. The van der Waals surface area contributed by atoms with Gasteiger partial charge in [-0.05, 0) is 30.4 Å². The summed E-state index contributed by atoms with van der Waals surface area (Å²) in [6.07, 6.45) is 4.00. The van der Waals surface area contributed by atoms with Gasteiger partial charge in [0.1, 0.15) is 5.69 Å². The molecule has 6 heteroatoms. The van der Waals surface area contributed by atoms with Crippen molar-refractivity contribution in [2.45, 2.75) is 25.3 Å². The number of carbonyl (C=O) groups is 1. The molecular formula is C21H20N4O2. The van der Waals surface area contributed by atoms with E-state index in [-0.39, 0.29) is 17.4 Å². The standard InChI is InChI=1S/C21H20N4O2/c26-19-8-7-18(16-5-6-16)23-25(19)13-14-11-24(12-14)21(27)20-17-4-2-1-3-15(17)9-10-22-20/h1-4,7-10,14,16H,5-6,11-13H2. The van der Waals surface area contributed by atoms with E-state index < -0.39 is 0 Å². The largest absolute Gasteiger partial charge is 0.336 e. The van der Waals surface area contributed by atoms with Gasteiger partial charge in [0.2, 0.25) is 0 Å². The molecule has 2 aromatic heterocycles. The van der Waals surface area contributed by atoms with Gasteiger partial charge in [-0.15, -0.1) is 0 Å². The van der Waals surface area contributed by atoms with Crippen LogP contribution in [0.4, 0.5) is 0 Å². The summed E-state index contributed by atoms with van der Waals surface area (Å²) in [5.41, 5.74) is 1.44. The van der Waals surface area contributed by atoms with Gasteiger partial charge >= 0.3 is 0 Å². The maximum Gasteiger partial charge on any atom is 0.273 e. The van der Waals surface area contributed by atoms with Crippen LogP contribution in [0, 0.1) is 5.92 Å². The maximum absolute atomic E-state index is 12.8. The molecule has 0 N–H and O–H groups in total. The minimum Gasteiger partial charge on any atom is -0.336 e. The van der Waals surface area contributed by atoms with Gasteiger partial charge < -0.3 is 4.90 Å². The predicted octanol–water partition coefficient (Wildman–Crippen LogP) is 2.44. The lowest BCUT2D eigenvalue weighted by Gasteiger charge is -2.39. The molecule has 5 rings (SSSR count). The Morgan fingerprint density at radius 1 is 1.07 bits per heavy atom. The summed E-state index contributed by atoms with van der Waals surface area (Å²) in [5.74, 6) is 0.729. The van der Waals surface area contributed by atoms with E-state index >= 15 is 0 Å². The normalized spacial score (nSPS) is 17.1. The molecule has 0 unspecified atom stereocenters. The van der Waals surface area contributed by atoms with Crippen LogP contribution in [0.2, 0.25) is 0 Å². The van der Waals surface area contributed by atoms with Crippen molar-refractivity contribution < 1.29 is 4.79 Å². The van der Waals surface area contributed by atoms with E-state index in [1.54, 1.807) is 21.8 Å². The Balaban J connectivity index is 1.29. The summed E-state index contributed by atoms with van der Waals surface area (Å²) >= 11 is 0. The Kier molecular flexibility index (Phi) is 3.77. The Morgan fingerprint density at radius 3 is 2.70 bits per heavy atom. The minimum absolute atomic E-state index is 0.0462.